The van der Waals surface area contributed by atoms with Crippen molar-refractivity contribution in [1.82, 2.24) is 4.90 Å². The van der Waals surface area contributed by atoms with Gasteiger partial charge in [-0.25, -0.2) is 0 Å². The summed E-state index contributed by atoms with van der Waals surface area (Å²) in [4.78, 5) is 25.2. The van der Waals surface area contributed by atoms with Crippen LogP contribution in [0.25, 0.3) is 0 Å². The van der Waals surface area contributed by atoms with E-state index >= 15 is 0 Å². The molecule has 1 saturated heterocycles. The van der Waals surface area contributed by atoms with Gasteiger partial charge in [0.05, 0.1) is 5.41 Å². The highest BCUT2D eigenvalue weighted by Gasteiger charge is 2.44. The maximum absolute atomic E-state index is 12.0. The molecule has 4 nitrogen and oxygen atoms in total. The van der Waals surface area contributed by atoms with E-state index in [0.29, 0.717) is 25.1 Å². The number of anilines is 1. The molecule has 1 aliphatic heterocycles. The predicted molar refractivity (Wildman–Crippen MR) is 69.7 cm³/mol. The third-order valence-electron chi connectivity index (χ3n) is 3.38. The lowest BCUT2D eigenvalue weighted by atomic mass is 9.92. The summed E-state index contributed by atoms with van der Waals surface area (Å²) in [6.07, 6.45) is 0.913. The van der Waals surface area contributed by atoms with Gasteiger partial charge in [-0.3, -0.25) is 14.5 Å². The highest BCUT2D eigenvalue weighted by Crippen LogP contribution is 2.31. The molecule has 0 atom stereocenters. The summed E-state index contributed by atoms with van der Waals surface area (Å²) in [6, 6.07) is 7.52. The first kappa shape index (κ1) is 12.6. The number of carbonyl (C=O) groups is 2. The van der Waals surface area contributed by atoms with E-state index in [1.165, 1.54) is 4.90 Å². The number of nitrogens with two attached hydrogens (primary N) is 1. The summed E-state index contributed by atoms with van der Waals surface area (Å²) in [5.74, 6) is -0.165. The largest absolute Gasteiger partial charge is 0.399 e. The van der Waals surface area contributed by atoms with Crippen LogP contribution in [0.15, 0.2) is 24.3 Å². The quantitative estimate of drug-likeness (QED) is 0.650. The van der Waals surface area contributed by atoms with E-state index in [0.717, 1.165) is 5.56 Å². The standard InChI is InChI=1S/C14H18N2O2/c1-14(2)9-12(17)16(13(14)18)8-7-10-5-3-4-6-11(10)15/h3-6H,7-9,15H2,1-2H3. The van der Waals surface area contributed by atoms with E-state index in [1.54, 1.807) is 0 Å². The van der Waals surface area contributed by atoms with Gasteiger partial charge in [-0.05, 0) is 18.1 Å². The fraction of sp³-hybridized carbons (Fsp3) is 0.429. The molecule has 0 radical (unpaired) electrons. The lowest BCUT2D eigenvalue weighted by molar-refractivity contribution is -0.140. The normalized spacial score (nSPS) is 18.4. The first-order valence-corrected chi connectivity index (χ1v) is 6.10. The molecule has 1 fully saturated rings. The van der Waals surface area contributed by atoms with E-state index in [1.807, 2.05) is 38.1 Å². The summed E-state index contributed by atoms with van der Waals surface area (Å²) in [5, 5.41) is 0. The van der Waals surface area contributed by atoms with Crippen LogP contribution in [-0.4, -0.2) is 23.3 Å². The van der Waals surface area contributed by atoms with Crippen molar-refractivity contribution in [2.75, 3.05) is 12.3 Å². The number of para-hydroxylation sites is 1. The van der Waals surface area contributed by atoms with Crippen LogP contribution in [0.1, 0.15) is 25.8 Å². The van der Waals surface area contributed by atoms with E-state index in [4.69, 9.17) is 5.73 Å². The molecule has 0 aliphatic carbocycles. The maximum atomic E-state index is 12.0. The van der Waals surface area contributed by atoms with Crippen LogP contribution in [0, 0.1) is 5.41 Å². The zero-order chi connectivity index (χ0) is 13.3. The van der Waals surface area contributed by atoms with E-state index in [-0.39, 0.29) is 11.8 Å². The number of nitrogens with zero attached hydrogens (tertiary/aromatic N) is 1. The van der Waals surface area contributed by atoms with Crippen LogP contribution in [0.4, 0.5) is 5.69 Å². The first-order chi connectivity index (χ1) is 8.42. The molecule has 1 aromatic carbocycles. The average Bonchev–Trinajstić information content (AvgIpc) is 2.49. The van der Waals surface area contributed by atoms with Gasteiger partial charge in [0.25, 0.3) is 0 Å². The smallest absolute Gasteiger partial charge is 0.235 e. The first-order valence-electron chi connectivity index (χ1n) is 6.10. The summed E-state index contributed by atoms with van der Waals surface area (Å²) in [5.41, 5.74) is 6.96. The molecule has 2 amide bonds. The summed E-state index contributed by atoms with van der Waals surface area (Å²) >= 11 is 0. The van der Waals surface area contributed by atoms with Gasteiger partial charge >= 0.3 is 0 Å². The number of carbonyl (C=O) groups excluding carboxylic acids is 2. The number of imide groups is 1. The molecule has 4 heteroatoms. The van der Waals surface area contributed by atoms with Crippen LogP contribution >= 0.6 is 0 Å². The zero-order valence-electron chi connectivity index (χ0n) is 10.8. The predicted octanol–water partition coefficient (Wildman–Crippen LogP) is 1.60. The van der Waals surface area contributed by atoms with Gasteiger partial charge in [-0.15, -0.1) is 0 Å². The lowest BCUT2D eigenvalue weighted by Gasteiger charge is -2.18. The Morgan fingerprint density at radius 1 is 1.28 bits per heavy atom. The molecule has 18 heavy (non-hydrogen) atoms. The van der Waals surface area contributed by atoms with Crippen molar-refractivity contribution >= 4 is 17.5 Å². The number of amides is 2. The van der Waals surface area contributed by atoms with Crippen molar-refractivity contribution in [3.8, 4) is 0 Å². The highest BCUT2D eigenvalue weighted by molar-refractivity contribution is 6.05. The Morgan fingerprint density at radius 3 is 2.50 bits per heavy atom. The van der Waals surface area contributed by atoms with Gasteiger partial charge in [0.15, 0.2) is 0 Å². The molecule has 0 unspecified atom stereocenters. The highest BCUT2D eigenvalue weighted by atomic mass is 16.2. The van der Waals surface area contributed by atoms with Crippen LogP contribution in [0.5, 0.6) is 0 Å². The lowest BCUT2D eigenvalue weighted by Crippen LogP contribution is -2.34. The van der Waals surface area contributed by atoms with Crippen molar-refractivity contribution in [3.63, 3.8) is 0 Å². The van der Waals surface area contributed by atoms with Crippen LogP contribution < -0.4 is 5.73 Å². The molecular formula is C14H18N2O2. The molecular weight excluding hydrogens is 228 g/mol. The molecule has 0 spiro atoms. The minimum atomic E-state index is -0.556. The van der Waals surface area contributed by atoms with Crippen LogP contribution in [-0.2, 0) is 16.0 Å². The van der Waals surface area contributed by atoms with Gasteiger partial charge in [0.2, 0.25) is 11.8 Å². The van der Waals surface area contributed by atoms with Crippen molar-refractivity contribution in [1.29, 1.82) is 0 Å². The van der Waals surface area contributed by atoms with E-state index in [9.17, 15) is 9.59 Å². The topological polar surface area (TPSA) is 63.4 Å². The van der Waals surface area contributed by atoms with Crippen molar-refractivity contribution in [3.05, 3.63) is 29.8 Å². The molecule has 1 aliphatic rings. The summed E-state index contributed by atoms with van der Waals surface area (Å²) in [7, 11) is 0. The summed E-state index contributed by atoms with van der Waals surface area (Å²) < 4.78 is 0. The molecule has 2 rings (SSSR count). The third-order valence-corrected chi connectivity index (χ3v) is 3.38. The van der Waals surface area contributed by atoms with Gasteiger partial charge < -0.3 is 5.73 Å². The molecule has 0 bridgehead atoms. The number of likely N-dealkylation sites (tertiary alicyclic amines) is 1. The van der Waals surface area contributed by atoms with E-state index < -0.39 is 5.41 Å². The van der Waals surface area contributed by atoms with Gasteiger partial charge in [0.1, 0.15) is 0 Å². The fourth-order valence-corrected chi connectivity index (χ4v) is 2.25. The second-order valence-corrected chi connectivity index (χ2v) is 5.36. The van der Waals surface area contributed by atoms with Crippen LogP contribution in [0.3, 0.4) is 0 Å². The molecule has 0 aromatic heterocycles. The Hall–Kier alpha value is -1.84. The Kier molecular flexibility index (Phi) is 3.11. The van der Waals surface area contributed by atoms with Gasteiger partial charge in [0, 0.05) is 18.7 Å². The Balaban J connectivity index is 2.06. The SMILES string of the molecule is CC1(C)CC(=O)N(CCc2ccccc2N)C1=O. The second-order valence-electron chi connectivity index (χ2n) is 5.36. The monoisotopic (exact) mass is 246 g/mol. The Labute approximate surface area is 107 Å². The third kappa shape index (κ3) is 2.23. The van der Waals surface area contributed by atoms with Crippen molar-refractivity contribution in [2.24, 2.45) is 5.41 Å². The zero-order valence-corrected chi connectivity index (χ0v) is 10.8. The minimum Gasteiger partial charge on any atom is -0.399 e. The number of nitrogen functional groups attached to an aromatic ring is 1. The molecule has 96 valence electrons. The molecule has 1 aromatic rings. The maximum Gasteiger partial charge on any atom is 0.235 e. The minimum absolute atomic E-state index is 0.0815. The van der Waals surface area contributed by atoms with Crippen molar-refractivity contribution < 1.29 is 9.59 Å². The number of hydrogen-bond donors (Lipinski definition) is 1. The fourth-order valence-electron chi connectivity index (χ4n) is 2.25. The molecule has 1 heterocycles. The van der Waals surface area contributed by atoms with Gasteiger partial charge in [-0.2, -0.15) is 0 Å². The second kappa shape index (κ2) is 4.44. The van der Waals surface area contributed by atoms with Crippen molar-refractivity contribution in [2.45, 2.75) is 26.7 Å². The number of benzene rings is 1. The van der Waals surface area contributed by atoms with Gasteiger partial charge in [-0.1, -0.05) is 32.0 Å². The average molecular weight is 246 g/mol. The molecule has 2 N–H and O–H groups in total. The number of rotatable bonds is 3. The molecule has 0 saturated carbocycles. The Morgan fingerprint density at radius 2 is 1.94 bits per heavy atom. The number of hydrogen-bond acceptors (Lipinski definition) is 3. The Bertz CT molecular complexity index is 494. The summed E-state index contributed by atoms with van der Waals surface area (Å²) in [6.45, 7) is 4.03. The van der Waals surface area contributed by atoms with E-state index in [2.05, 4.69) is 0 Å². The van der Waals surface area contributed by atoms with Crippen LogP contribution in [0.2, 0.25) is 0 Å².